The minimum Gasteiger partial charge on any atom is -0.392 e. The number of aliphatic hydroxyl groups is 1. The minimum absolute atomic E-state index is 0.0733. The Balaban J connectivity index is 1.14. The van der Waals surface area contributed by atoms with Crippen LogP contribution in [0, 0.1) is 18.3 Å². The topological polar surface area (TPSA) is 84.4 Å². The second-order valence-electron chi connectivity index (χ2n) is 9.39. The predicted octanol–water partition coefficient (Wildman–Crippen LogP) is 2.98. The molecule has 2 fully saturated rings. The maximum absolute atomic E-state index is 12.7. The summed E-state index contributed by atoms with van der Waals surface area (Å²) in [5.41, 5.74) is 4.35. The second-order valence-corrected chi connectivity index (χ2v) is 9.39. The molecule has 3 aliphatic rings. The van der Waals surface area contributed by atoms with Gasteiger partial charge in [0, 0.05) is 36.1 Å². The van der Waals surface area contributed by atoms with Crippen molar-refractivity contribution in [3.63, 3.8) is 0 Å². The molecule has 0 bridgehead atoms. The number of rotatable bonds is 3. The molecule has 4 heterocycles. The van der Waals surface area contributed by atoms with E-state index in [1.807, 2.05) is 30.4 Å². The van der Waals surface area contributed by atoms with Gasteiger partial charge in [0.2, 0.25) is 5.91 Å². The van der Waals surface area contributed by atoms with Gasteiger partial charge in [-0.1, -0.05) is 29.4 Å². The Labute approximate surface area is 180 Å². The van der Waals surface area contributed by atoms with E-state index < -0.39 is 0 Å². The molecule has 0 radical (unpaired) electrons. The van der Waals surface area contributed by atoms with Gasteiger partial charge in [0.15, 0.2) is 0 Å². The summed E-state index contributed by atoms with van der Waals surface area (Å²) in [6, 6.07) is 10.4. The quantitative estimate of drug-likeness (QED) is 0.707. The number of carbonyl (C=O) groups excluding carboxylic acids is 1. The number of benzene rings is 1. The van der Waals surface area contributed by atoms with Gasteiger partial charge in [-0.3, -0.25) is 4.79 Å². The van der Waals surface area contributed by atoms with Crippen LogP contribution in [0.4, 0.5) is 0 Å². The molecule has 1 saturated heterocycles. The first-order valence-electron chi connectivity index (χ1n) is 11.0. The lowest BCUT2D eigenvalue weighted by atomic mass is 9.53. The smallest absolute Gasteiger partial charge is 0.230 e. The summed E-state index contributed by atoms with van der Waals surface area (Å²) in [5.74, 6) is 0.864. The molecule has 1 N–H and O–H groups in total. The second kappa shape index (κ2) is 6.79. The Bertz CT molecular complexity index is 1140. The van der Waals surface area contributed by atoms with Crippen molar-refractivity contribution in [2.45, 2.75) is 44.8 Å². The van der Waals surface area contributed by atoms with Crippen LogP contribution in [0.3, 0.4) is 0 Å². The molecule has 1 spiro atoms. The van der Waals surface area contributed by atoms with E-state index in [4.69, 9.17) is 4.52 Å². The van der Waals surface area contributed by atoms with Crippen LogP contribution in [-0.4, -0.2) is 49.8 Å². The van der Waals surface area contributed by atoms with E-state index in [1.165, 1.54) is 11.1 Å². The van der Waals surface area contributed by atoms with Gasteiger partial charge in [-0.2, -0.15) is 0 Å². The lowest BCUT2D eigenvalue weighted by molar-refractivity contribution is -0.164. The molecule has 7 heteroatoms. The van der Waals surface area contributed by atoms with Gasteiger partial charge >= 0.3 is 0 Å². The number of carbonyl (C=O) groups is 1. The van der Waals surface area contributed by atoms with Crippen LogP contribution in [0.5, 0.6) is 0 Å². The molecule has 7 nitrogen and oxygen atoms in total. The third kappa shape index (κ3) is 2.79. The number of nitrogens with zero attached hydrogens (tertiary/aromatic N) is 4. The van der Waals surface area contributed by atoms with E-state index in [-0.39, 0.29) is 35.8 Å². The molecular formula is C24H26N4O3. The maximum Gasteiger partial charge on any atom is 0.230 e. The molecule has 1 aliphatic carbocycles. The fourth-order valence-corrected chi connectivity index (χ4v) is 6.05. The largest absolute Gasteiger partial charge is 0.392 e. The number of fused-ring (bicyclic) bond motifs is 3. The molecule has 3 aromatic rings. The number of aryl methyl sites for hydroxylation is 1. The monoisotopic (exact) mass is 418 g/mol. The highest BCUT2D eigenvalue weighted by Gasteiger charge is 2.58. The molecule has 2 aliphatic heterocycles. The first-order valence-corrected chi connectivity index (χ1v) is 11.0. The fraction of sp³-hybridized carbons (Fsp3) is 0.458. The van der Waals surface area contributed by atoms with Gasteiger partial charge in [0.25, 0.3) is 0 Å². The number of aliphatic hydroxyl groups excluding tert-OH is 1. The Kier molecular flexibility index (Phi) is 4.12. The predicted molar refractivity (Wildman–Crippen MR) is 113 cm³/mol. The first kappa shape index (κ1) is 18.8. The van der Waals surface area contributed by atoms with Crippen LogP contribution < -0.4 is 0 Å². The van der Waals surface area contributed by atoms with Gasteiger partial charge in [0.05, 0.1) is 42.5 Å². The summed E-state index contributed by atoms with van der Waals surface area (Å²) in [7, 11) is 0. The van der Waals surface area contributed by atoms with Crippen LogP contribution in [0.2, 0.25) is 0 Å². The van der Waals surface area contributed by atoms with Crippen molar-refractivity contribution in [1.29, 1.82) is 0 Å². The maximum atomic E-state index is 12.7. The van der Waals surface area contributed by atoms with Gasteiger partial charge in [0.1, 0.15) is 5.76 Å². The molecule has 1 aromatic carbocycles. The minimum atomic E-state index is -0.368. The number of aromatic nitrogens is 3. The number of likely N-dealkylation sites (tertiary alicyclic amines) is 1. The van der Waals surface area contributed by atoms with Crippen molar-refractivity contribution in [3.05, 3.63) is 59.9 Å². The first-order chi connectivity index (χ1) is 15.1. The normalized spacial score (nSPS) is 25.9. The summed E-state index contributed by atoms with van der Waals surface area (Å²) >= 11 is 0. The summed E-state index contributed by atoms with van der Waals surface area (Å²) in [6.07, 6.45) is 6.36. The van der Waals surface area contributed by atoms with Crippen molar-refractivity contribution in [3.8, 4) is 11.3 Å². The lowest BCUT2D eigenvalue weighted by Gasteiger charge is -2.58. The van der Waals surface area contributed by atoms with Crippen LogP contribution in [-0.2, 0) is 11.2 Å². The number of hydrogen-bond donors (Lipinski definition) is 1. The standard InChI is InChI=1S/C24H26N4O3/c1-15-10-16(31-26-15)11-21(29)27-8-6-24(7-9-27)12-19(23(24)30)22-18-5-3-2-4-17(18)20-13-25-14-28(20)22/h2-5,10,13-14,19,22-23,30H,6-9,11-12H2,1H3/t19-,22?,23+/m0/s1. The zero-order chi connectivity index (χ0) is 21.2. The Morgan fingerprint density at radius 3 is 2.84 bits per heavy atom. The Hall–Kier alpha value is -2.93. The van der Waals surface area contributed by atoms with Gasteiger partial charge in [-0.25, -0.2) is 4.98 Å². The van der Waals surface area contributed by atoms with E-state index >= 15 is 0 Å². The van der Waals surface area contributed by atoms with Gasteiger partial charge < -0.3 is 19.1 Å². The van der Waals surface area contributed by atoms with E-state index in [2.05, 4.69) is 39.0 Å². The van der Waals surface area contributed by atoms with Gasteiger partial charge in [-0.15, -0.1) is 0 Å². The molecule has 1 amide bonds. The Morgan fingerprint density at radius 1 is 1.29 bits per heavy atom. The zero-order valence-corrected chi connectivity index (χ0v) is 17.6. The van der Waals surface area contributed by atoms with Crippen LogP contribution in [0.1, 0.15) is 42.3 Å². The molecule has 3 atom stereocenters. The molecule has 1 saturated carbocycles. The van der Waals surface area contributed by atoms with Crippen LogP contribution in [0.15, 0.2) is 47.4 Å². The average molecular weight is 418 g/mol. The average Bonchev–Trinajstić information content (AvgIpc) is 3.49. The molecule has 160 valence electrons. The number of amides is 1. The van der Waals surface area contributed by atoms with E-state index in [1.54, 1.807) is 0 Å². The number of piperidine rings is 1. The SMILES string of the molecule is Cc1cc(CC(=O)N2CCC3(CC2)C[C@@H](C2c4ccccc4-c4cncn42)[C@H]3O)on1. The number of hydrogen-bond acceptors (Lipinski definition) is 5. The highest BCUT2D eigenvalue weighted by Crippen LogP contribution is 2.59. The van der Waals surface area contributed by atoms with Crippen LogP contribution in [0.25, 0.3) is 11.3 Å². The lowest BCUT2D eigenvalue weighted by Crippen LogP contribution is -2.60. The fourth-order valence-electron chi connectivity index (χ4n) is 6.05. The highest BCUT2D eigenvalue weighted by molar-refractivity contribution is 5.78. The highest BCUT2D eigenvalue weighted by atomic mass is 16.5. The third-order valence-corrected chi connectivity index (χ3v) is 7.72. The van der Waals surface area contributed by atoms with Gasteiger partial charge in [-0.05, 0) is 31.7 Å². The van der Waals surface area contributed by atoms with Crippen LogP contribution >= 0.6 is 0 Å². The zero-order valence-electron chi connectivity index (χ0n) is 17.6. The van der Waals surface area contributed by atoms with E-state index in [9.17, 15) is 9.90 Å². The molecule has 31 heavy (non-hydrogen) atoms. The molecule has 2 aromatic heterocycles. The van der Waals surface area contributed by atoms with Crippen molar-refractivity contribution in [2.75, 3.05) is 13.1 Å². The molecule has 1 unspecified atom stereocenters. The summed E-state index contributed by atoms with van der Waals surface area (Å²) in [6.45, 7) is 3.23. The third-order valence-electron chi connectivity index (χ3n) is 7.72. The summed E-state index contributed by atoms with van der Waals surface area (Å²) in [5, 5.41) is 15.2. The van der Waals surface area contributed by atoms with Crippen molar-refractivity contribution >= 4 is 5.91 Å². The Morgan fingerprint density at radius 2 is 2.10 bits per heavy atom. The summed E-state index contributed by atoms with van der Waals surface area (Å²) < 4.78 is 7.42. The number of imidazole rings is 1. The molecule has 6 rings (SSSR count). The van der Waals surface area contributed by atoms with Crippen molar-refractivity contribution in [2.24, 2.45) is 11.3 Å². The summed E-state index contributed by atoms with van der Waals surface area (Å²) in [4.78, 5) is 18.9. The van der Waals surface area contributed by atoms with Crippen molar-refractivity contribution < 1.29 is 14.4 Å². The van der Waals surface area contributed by atoms with E-state index in [0.29, 0.717) is 18.8 Å². The van der Waals surface area contributed by atoms with Crippen molar-refractivity contribution in [1.82, 2.24) is 19.6 Å². The van der Waals surface area contributed by atoms with E-state index in [0.717, 1.165) is 30.7 Å². The molecular weight excluding hydrogens is 392 g/mol.